The molecule has 1 aromatic carbocycles. The van der Waals surface area contributed by atoms with Gasteiger partial charge in [0.15, 0.2) is 0 Å². The number of para-hydroxylation sites is 1. The van der Waals surface area contributed by atoms with Crippen molar-refractivity contribution in [2.24, 2.45) is 4.99 Å². The number of hydrogen-bond acceptors (Lipinski definition) is 2. The minimum absolute atomic E-state index is 0.692. The summed E-state index contributed by atoms with van der Waals surface area (Å²) in [6.07, 6.45) is 20.9. The number of aryl methyl sites for hydroxylation is 2. The van der Waals surface area contributed by atoms with Crippen molar-refractivity contribution in [3.63, 3.8) is 0 Å². The predicted octanol–water partition coefficient (Wildman–Crippen LogP) is 7.22. The number of hydrogen-bond donors (Lipinski definition) is 1. The van der Waals surface area contributed by atoms with E-state index >= 15 is 0 Å². The summed E-state index contributed by atoms with van der Waals surface area (Å²) in [5.41, 5.74) is 3.79. The second-order valence-corrected chi connectivity index (χ2v) is 8.57. The highest BCUT2D eigenvalue weighted by atomic mass is 16.3. The van der Waals surface area contributed by atoms with E-state index in [4.69, 9.17) is 11.4 Å². The van der Waals surface area contributed by atoms with Crippen molar-refractivity contribution in [2.45, 2.75) is 109 Å². The standard InChI is InChI=1S/C26H39NO/c1-4-5-6-7-8-9-10-11-13-19-24(26(28)20-14-12-15-21-26)27-25-22(2)17-16-18-23(25)3/h1,16-18,28H,5-15,19-21H2,2-3H3. The molecule has 1 aromatic rings. The smallest absolute Gasteiger partial charge is 0.103 e. The zero-order valence-corrected chi connectivity index (χ0v) is 18.1. The summed E-state index contributed by atoms with van der Waals surface area (Å²) in [6.45, 7) is 4.24. The monoisotopic (exact) mass is 381 g/mol. The summed E-state index contributed by atoms with van der Waals surface area (Å²) in [5, 5.41) is 11.4. The molecule has 0 saturated heterocycles. The highest BCUT2D eigenvalue weighted by Gasteiger charge is 2.34. The summed E-state index contributed by atoms with van der Waals surface area (Å²) in [6, 6.07) is 6.32. The Morgan fingerprint density at radius 1 is 0.964 bits per heavy atom. The van der Waals surface area contributed by atoms with Gasteiger partial charge in [0, 0.05) is 6.42 Å². The fraction of sp³-hybridized carbons (Fsp3) is 0.654. The molecule has 0 radical (unpaired) electrons. The van der Waals surface area contributed by atoms with Crippen molar-refractivity contribution >= 4 is 11.4 Å². The average Bonchev–Trinajstić information content (AvgIpc) is 2.68. The van der Waals surface area contributed by atoms with E-state index in [0.717, 1.165) is 62.8 Å². The Kier molecular flexibility index (Phi) is 9.79. The lowest BCUT2D eigenvalue weighted by molar-refractivity contribution is 0.0687. The van der Waals surface area contributed by atoms with E-state index in [1.54, 1.807) is 0 Å². The van der Waals surface area contributed by atoms with E-state index in [9.17, 15) is 5.11 Å². The number of terminal acetylenes is 1. The summed E-state index contributed by atoms with van der Waals surface area (Å²) >= 11 is 0. The number of unbranched alkanes of at least 4 members (excludes halogenated alkanes) is 7. The third kappa shape index (κ3) is 7.10. The Morgan fingerprint density at radius 3 is 2.14 bits per heavy atom. The SMILES string of the molecule is C#CCCCCCCCCCC(=Nc1c(C)cccc1C)C1(O)CCCCC1. The van der Waals surface area contributed by atoms with Crippen LogP contribution in [0.25, 0.3) is 0 Å². The van der Waals surface area contributed by atoms with Crippen molar-refractivity contribution in [3.8, 4) is 12.3 Å². The van der Waals surface area contributed by atoms with Crippen molar-refractivity contribution < 1.29 is 5.11 Å². The van der Waals surface area contributed by atoms with Crippen molar-refractivity contribution in [2.75, 3.05) is 0 Å². The van der Waals surface area contributed by atoms with Gasteiger partial charge in [0.1, 0.15) is 5.60 Å². The van der Waals surface area contributed by atoms with Crippen LogP contribution in [0.1, 0.15) is 101 Å². The minimum atomic E-state index is -0.692. The second-order valence-electron chi connectivity index (χ2n) is 8.57. The lowest BCUT2D eigenvalue weighted by Crippen LogP contribution is -2.40. The van der Waals surface area contributed by atoms with E-state index in [0.29, 0.717) is 0 Å². The molecule has 2 heteroatoms. The van der Waals surface area contributed by atoms with Crippen LogP contribution in [0, 0.1) is 26.2 Å². The van der Waals surface area contributed by atoms with E-state index in [1.165, 1.54) is 49.7 Å². The average molecular weight is 382 g/mol. The van der Waals surface area contributed by atoms with Gasteiger partial charge in [-0.2, -0.15) is 0 Å². The molecular formula is C26H39NO. The van der Waals surface area contributed by atoms with Gasteiger partial charge in [-0.05, 0) is 57.1 Å². The van der Waals surface area contributed by atoms with Gasteiger partial charge >= 0.3 is 0 Å². The van der Waals surface area contributed by atoms with Gasteiger partial charge in [-0.1, -0.05) is 69.6 Å². The zero-order valence-electron chi connectivity index (χ0n) is 18.1. The predicted molar refractivity (Wildman–Crippen MR) is 121 cm³/mol. The molecule has 0 spiro atoms. The summed E-state index contributed by atoms with van der Waals surface area (Å²) in [4.78, 5) is 5.07. The molecule has 2 nitrogen and oxygen atoms in total. The fourth-order valence-electron chi connectivity index (χ4n) is 4.34. The first-order valence-corrected chi connectivity index (χ1v) is 11.4. The maximum absolute atomic E-state index is 11.4. The number of benzene rings is 1. The quantitative estimate of drug-likeness (QED) is 0.245. The first-order valence-electron chi connectivity index (χ1n) is 11.4. The van der Waals surface area contributed by atoms with E-state index in [-0.39, 0.29) is 0 Å². The van der Waals surface area contributed by atoms with E-state index in [2.05, 4.69) is 38.0 Å². The third-order valence-electron chi connectivity index (χ3n) is 6.14. The number of aliphatic hydroxyl groups is 1. The Morgan fingerprint density at radius 2 is 1.54 bits per heavy atom. The molecular weight excluding hydrogens is 342 g/mol. The molecule has 0 amide bonds. The van der Waals surface area contributed by atoms with Crippen LogP contribution in [0.4, 0.5) is 5.69 Å². The molecule has 0 heterocycles. The maximum Gasteiger partial charge on any atom is 0.103 e. The largest absolute Gasteiger partial charge is 0.384 e. The second kappa shape index (κ2) is 12.1. The fourth-order valence-corrected chi connectivity index (χ4v) is 4.34. The van der Waals surface area contributed by atoms with Gasteiger partial charge in [-0.3, -0.25) is 4.99 Å². The molecule has 154 valence electrons. The number of nitrogens with zero attached hydrogens (tertiary/aromatic N) is 1. The van der Waals surface area contributed by atoms with Crippen LogP contribution in [0.3, 0.4) is 0 Å². The van der Waals surface area contributed by atoms with Gasteiger partial charge in [0.25, 0.3) is 0 Å². The van der Waals surface area contributed by atoms with Gasteiger partial charge in [-0.25, -0.2) is 0 Å². The van der Waals surface area contributed by atoms with E-state index in [1.807, 2.05) is 0 Å². The first-order chi connectivity index (χ1) is 13.6. The maximum atomic E-state index is 11.4. The lowest BCUT2D eigenvalue weighted by atomic mass is 9.79. The Hall–Kier alpha value is -1.59. The van der Waals surface area contributed by atoms with Gasteiger partial charge < -0.3 is 5.11 Å². The van der Waals surface area contributed by atoms with Crippen molar-refractivity contribution in [3.05, 3.63) is 29.3 Å². The van der Waals surface area contributed by atoms with Crippen LogP contribution in [-0.2, 0) is 0 Å². The van der Waals surface area contributed by atoms with Gasteiger partial charge in [0.2, 0.25) is 0 Å². The molecule has 0 aliphatic heterocycles. The van der Waals surface area contributed by atoms with Crippen LogP contribution in [0.5, 0.6) is 0 Å². The van der Waals surface area contributed by atoms with Crippen molar-refractivity contribution in [1.29, 1.82) is 0 Å². The lowest BCUT2D eigenvalue weighted by Gasteiger charge is -2.34. The van der Waals surface area contributed by atoms with Crippen LogP contribution in [0.2, 0.25) is 0 Å². The Labute approximate surface area is 172 Å². The minimum Gasteiger partial charge on any atom is -0.384 e. The summed E-state index contributed by atoms with van der Waals surface area (Å²) in [5.74, 6) is 2.72. The highest BCUT2D eigenvalue weighted by Crippen LogP contribution is 2.34. The molecule has 2 rings (SSSR count). The molecule has 0 atom stereocenters. The molecule has 1 N–H and O–H groups in total. The topological polar surface area (TPSA) is 32.6 Å². The van der Waals surface area contributed by atoms with E-state index < -0.39 is 5.60 Å². The highest BCUT2D eigenvalue weighted by molar-refractivity contribution is 5.94. The number of rotatable bonds is 11. The zero-order chi connectivity index (χ0) is 20.2. The van der Waals surface area contributed by atoms with Crippen LogP contribution < -0.4 is 0 Å². The molecule has 1 aliphatic carbocycles. The summed E-state index contributed by atoms with van der Waals surface area (Å²) in [7, 11) is 0. The molecule has 0 bridgehead atoms. The molecule has 0 unspecified atom stereocenters. The van der Waals surface area contributed by atoms with Crippen LogP contribution in [0.15, 0.2) is 23.2 Å². The third-order valence-corrected chi connectivity index (χ3v) is 6.14. The van der Waals surface area contributed by atoms with Crippen molar-refractivity contribution in [1.82, 2.24) is 0 Å². The van der Waals surface area contributed by atoms with Crippen LogP contribution >= 0.6 is 0 Å². The van der Waals surface area contributed by atoms with Gasteiger partial charge in [-0.15, -0.1) is 12.3 Å². The summed E-state index contributed by atoms with van der Waals surface area (Å²) < 4.78 is 0. The normalized spacial score (nSPS) is 16.7. The molecule has 28 heavy (non-hydrogen) atoms. The van der Waals surface area contributed by atoms with Gasteiger partial charge in [0.05, 0.1) is 11.4 Å². The first kappa shape index (κ1) is 22.7. The Bertz CT molecular complexity index is 641. The molecule has 1 aliphatic rings. The Balaban J connectivity index is 1.95. The number of aliphatic imine (C=N–C) groups is 1. The molecule has 1 fully saturated rings. The van der Waals surface area contributed by atoms with Crippen LogP contribution in [-0.4, -0.2) is 16.4 Å². The molecule has 0 aromatic heterocycles. The molecule has 1 saturated carbocycles.